The predicted molar refractivity (Wildman–Crippen MR) is 66.2 cm³/mol. The predicted octanol–water partition coefficient (Wildman–Crippen LogP) is 3.18. The van der Waals surface area contributed by atoms with E-state index in [2.05, 4.69) is 5.32 Å². The van der Waals surface area contributed by atoms with Crippen LogP contribution < -0.4 is 10.1 Å². The van der Waals surface area contributed by atoms with Crippen LogP contribution in [-0.4, -0.2) is 18.9 Å². The maximum Gasteiger partial charge on any atom is 0.224 e. The van der Waals surface area contributed by atoms with Gasteiger partial charge >= 0.3 is 0 Å². The van der Waals surface area contributed by atoms with Crippen molar-refractivity contribution in [1.29, 1.82) is 0 Å². The molecule has 0 bridgehead atoms. The minimum Gasteiger partial charge on any atom is -0.494 e. The summed E-state index contributed by atoms with van der Waals surface area (Å²) in [4.78, 5) is 11.4. The van der Waals surface area contributed by atoms with E-state index >= 15 is 0 Å². The van der Waals surface area contributed by atoms with E-state index < -0.39 is 5.82 Å². The third kappa shape index (κ3) is 4.61. The molecule has 0 atom stereocenters. The topological polar surface area (TPSA) is 38.3 Å². The number of benzene rings is 1. The van der Waals surface area contributed by atoms with Gasteiger partial charge in [-0.2, -0.15) is 0 Å². The molecule has 3 nitrogen and oxygen atoms in total. The highest BCUT2D eigenvalue weighted by atomic mass is 35.5. The van der Waals surface area contributed by atoms with Crippen molar-refractivity contribution < 1.29 is 13.9 Å². The molecule has 1 aromatic carbocycles. The van der Waals surface area contributed by atoms with Gasteiger partial charge < -0.3 is 10.1 Å². The van der Waals surface area contributed by atoms with Crippen molar-refractivity contribution in [3.8, 4) is 5.75 Å². The Labute approximate surface area is 105 Å². The van der Waals surface area contributed by atoms with Gasteiger partial charge in [-0.05, 0) is 25.0 Å². The second-order valence-corrected chi connectivity index (χ2v) is 3.92. The minimum atomic E-state index is -0.494. The Balaban J connectivity index is 2.51. The van der Waals surface area contributed by atoms with Crippen molar-refractivity contribution >= 4 is 23.2 Å². The molecular weight excluding hydrogens is 245 g/mol. The van der Waals surface area contributed by atoms with Crippen molar-refractivity contribution in [2.75, 3.05) is 18.3 Å². The highest BCUT2D eigenvalue weighted by Gasteiger charge is 2.06. The molecule has 17 heavy (non-hydrogen) atoms. The molecule has 1 amide bonds. The van der Waals surface area contributed by atoms with E-state index in [9.17, 15) is 9.18 Å². The molecule has 0 saturated carbocycles. The first-order valence-corrected chi connectivity index (χ1v) is 5.90. The van der Waals surface area contributed by atoms with Crippen molar-refractivity contribution in [2.24, 2.45) is 0 Å². The maximum absolute atomic E-state index is 13.3. The average Bonchev–Trinajstić information content (AvgIpc) is 2.29. The van der Waals surface area contributed by atoms with Crippen LogP contribution >= 0.6 is 11.6 Å². The van der Waals surface area contributed by atoms with Gasteiger partial charge in [0, 0.05) is 24.1 Å². The monoisotopic (exact) mass is 259 g/mol. The normalized spacial score (nSPS) is 10.1. The lowest BCUT2D eigenvalue weighted by Gasteiger charge is -2.07. The summed E-state index contributed by atoms with van der Waals surface area (Å²) in [5.74, 6) is 0.0700. The van der Waals surface area contributed by atoms with Crippen LogP contribution in [0.2, 0.25) is 0 Å². The number of unbranched alkanes of at least 4 members (excludes halogenated alkanes) is 1. The molecule has 1 aromatic rings. The molecule has 0 aliphatic heterocycles. The molecule has 1 rings (SSSR count). The number of nitrogens with one attached hydrogen (secondary N) is 1. The Morgan fingerprint density at radius 3 is 2.82 bits per heavy atom. The fourth-order valence-electron chi connectivity index (χ4n) is 1.35. The quantitative estimate of drug-likeness (QED) is 0.629. The zero-order chi connectivity index (χ0) is 12.7. The molecule has 0 fully saturated rings. The Hall–Kier alpha value is -1.29. The zero-order valence-corrected chi connectivity index (χ0v) is 10.4. The molecule has 0 saturated heterocycles. The molecule has 1 N–H and O–H groups in total. The van der Waals surface area contributed by atoms with Crippen molar-refractivity contribution in [3.63, 3.8) is 0 Å². The van der Waals surface area contributed by atoms with E-state index in [0.717, 1.165) is 12.8 Å². The number of halogens is 2. The fourth-order valence-corrected chi connectivity index (χ4v) is 1.54. The first kappa shape index (κ1) is 13.8. The number of anilines is 1. The molecule has 0 unspecified atom stereocenters. The van der Waals surface area contributed by atoms with Crippen LogP contribution in [0.5, 0.6) is 5.75 Å². The number of carbonyl (C=O) groups is 1. The standard InChI is InChI=1S/C12H15ClFNO2/c1-17-11-6-5-9(8-10(11)14)15-12(16)4-2-3-7-13/h5-6,8H,2-4,7H2,1H3,(H,15,16). The van der Waals surface area contributed by atoms with Crippen LogP contribution in [0.4, 0.5) is 10.1 Å². The lowest BCUT2D eigenvalue weighted by molar-refractivity contribution is -0.116. The van der Waals surface area contributed by atoms with Crippen LogP contribution in [0.25, 0.3) is 0 Å². The smallest absolute Gasteiger partial charge is 0.224 e. The second kappa shape index (κ2) is 7.12. The van der Waals surface area contributed by atoms with Gasteiger partial charge in [0.25, 0.3) is 0 Å². The average molecular weight is 260 g/mol. The summed E-state index contributed by atoms with van der Waals surface area (Å²) >= 11 is 5.50. The van der Waals surface area contributed by atoms with Crippen LogP contribution in [0.3, 0.4) is 0 Å². The van der Waals surface area contributed by atoms with E-state index in [1.165, 1.54) is 19.2 Å². The van der Waals surface area contributed by atoms with Crippen LogP contribution in [-0.2, 0) is 4.79 Å². The summed E-state index contributed by atoms with van der Waals surface area (Å²) in [7, 11) is 1.39. The van der Waals surface area contributed by atoms with Gasteiger partial charge in [0.1, 0.15) is 0 Å². The highest BCUT2D eigenvalue weighted by molar-refractivity contribution is 6.17. The third-order valence-electron chi connectivity index (χ3n) is 2.22. The molecule has 0 heterocycles. The number of carbonyl (C=O) groups excluding carboxylic acids is 1. The van der Waals surface area contributed by atoms with Gasteiger partial charge in [-0.25, -0.2) is 4.39 Å². The highest BCUT2D eigenvalue weighted by Crippen LogP contribution is 2.20. The molecule has 5 heteroatoms. The number of hydrogen-bond acceptors (Lipinski definition) is 2. The van der Waals surface area contributed by atoms with Gasteiger partial charge in [0.2, 0.25) is 5.91 Å². The van der Waals surface area contributed by atoms with Crippen molar-refractivity contribution in [3.05, 3.63) is 24.0 Å². The first-order chi connectivity index (χ1) is 8.17. The van der Waals surface area contributed by atoms with E-state index in [0.29, 0.717) is 18.0 Å². The summed E-state index contributed by atoms with van der Waals surface area (Å²) in [6.45, 7) is 0. The summed E-state index contributed by atoms with van der Waals surface area (Å²) in [6.07, 6.45) is 1.92. The molecule has 0 aromatic heterocycles. The van der Waals surface area contributed by atoms with E-state index in [1.54, 1.807) is 6.07 Å². The molecule has 94 valence electrons. The molecule has 0 radical (unpaired) electrons. The third-order valence-corrected chi connectivity index (χ3v) is 2.49. The molecular formula is C12H15ClFNO2. The van der Waals surface area contributed by atoms with E-state index in [4.69, 9.17) is 16.3 Å². The number of ether oxygens (including phenoxy) is 1. The SMILES string of the molecule is COc1ccc(NC(=O)CCCCCl)cc1F. The number of alkyl halides is 1. The lowest BCUT2D eigenvalue weighted by atomic mass is 10.2. The first-order valence-electron chi connectivity index (χ1n) is 5.36. The summed E-state index contributed by atoms with van der Waals surface area (Å²) in [5.41, 5.74) is 0.430. The van der Waals surface area contributed by atoms with Gasteiger partial charge in [0.15, 0.2) is 11.6 Å². The van der Waals surface area contributed by atoms with Crippen LogP contribution in [0, 0.1) is 5.82 Å². The Kier molecular flexibility index (Phi) is 5.77. The summed E-state index contributed by atoms with van der Waals surface area (Å²) in [5, 5.41) is 2.62. The van der Waals surface area contributed by atoms with Crippen molar-refractivity contribution in [1.82, 2.24) is 0 Å². The van der Waals surface area contributed by atoms with Gasteiger partial charge in [-0.15, -0.1) is 11.6 Å². The number of hydrogen-bond donors (Lipinski definition) is 1. The zero-order valence-electron chi connectivity index (χ0n) is 9.63. The largest absolute Gasteiger partial charge is 0.494 e. The molecule has 0 spiro atoms. The second-order valence-electron chi connectivity index (χ2n) is 3.54. The minimum absolute atomic E-state index is 0.139. The Morgan fingerprint density at radius 2 is 2.24 bits per heavy atom. The van der Waals surface area contributed by atoms with Gasteiger partial charge in [-0.3, -0.25) is 4.79 Å². The van der Waals surface area contributed by atoms with E-state index in [1.807, 2.05) is 0 Å². The van der Waals surface area contributed by atoms with E-state index in [-0.39, 0.29) is 11.7 Å². The molecule has 0 aliphatic rings. The number of amides is 1. The van der Waals surface area contributed by atoms with Crippen molar-refractivity contribution in [2.45, 2.75) is 19.3 Å². The van der Waals surface area contributed by atoms with Gasteiger partial charge in [-0.1, -0.05) is 0 Å². The number of methoxy groups -OCH3 is 1. The van der Waals surface area contributed by atoms with Crippen LogP contribution in [0.15, 0.2) is 18.2 Å². The summed E-state index contributed by atoms with van der Waals surface area (Å²) in [6, 6.07) is 4.31. The maximum atomic E-state index is 13.3. The molecule has 0 aliphatic carbocycles. The number of rotatable bonds is 6. The Morgan fingerprint density at radius 1 is 1.47 bits per heavy atom. The summed E-state index contributed by atoms with van der Waals surface area (Å²) < 4.78 is 18.1. The lowest BCUT2D eigenvalue weighted by Crippen LogP contribution is -2.11. The Bertz CT molecular complexity index is 385. The van der Waals surface area contributed by atoms with Crippen LogP contribution in [0.1, 0.15) is 19.3 Å². The van der Waals surface area contributed by atoms with Gasteiger partial charge in [0.05, 0.1) is 7.11 Å². The fraction of sp³-hybridized carbons (Fsp3) is 0.417.